The summed E-state index contributed by atoms with van der Waals surface area (Å²) in [5.41, 5.74) is 0.725. The lowest BCUT2D eigenvalue weighted by Crippen LogP contribution is -2.36. The van der Waals surface area contributed by atoms with Crippen molar-refractivity contribution in [1.82, 2.24) is 14.7 Å². The number of aryl methyl sites for hydroxylation is 1. The highest BCUT2D eigenvalue weighted by molar-refractivity contribution is 6.31. The van der Waals surface area contributed by atoms with Crippen molar-refractivity contribution in [2.75, 3.05) is 13.1 Å². The van der Waals surface area contributed by atoms with Gasteiger partial charge in [0.25, 0.3) is 0 Å². The average Bonchev–Trinajstić information content (AvgIpc) is 2.72. The fraction of sp³-hybridized carbons (Fsp3) is 0.692. The first-order chi connectivity index (χ1) is 8.72. The van der Waals surface area contributed by atoms with Crippen molar-refractivity contribution in [2.45, 2.75) is 39.8 Å². The number of carbonyl (C=O) groups excluding carboxylic acids is 1. The largest absolute Gasteiger partial charge is 0.388 e. The van der Waals surface area contributed by atoms with Crippen LogP contribution in [0.15, 0.2) is 0 Å². The van der Waals surface area contributed by atoms with E-state index in [1.165, 1.54) is 0 Å². The molecule has 0 saturated carbocycles. The van der Waals surface area contributed by atoms with Gasteiger partial charge in [-0.3, -0.25) is 9.48 Å². The van der Waals surface area contributed by atoms with Gasteiger partial charge in [-0.2, -0.15) is 5.10 Å². The first kappa shape index (κ1) is 14.3. The molecule has 1 amide bonds. The van der Waals surface area contributed by atoms with Crippen LogP contribution in [0.1, 0.15) is 25.2 Å². The summed E-state index contributed by atoms with van der Waals surface area (Å²) in [6, 6.07) is 0. The molecular weight excluding hydrogens is 266 g/mol. The first-order valence-corrected chi connectivity index (χ1v) is 6.80. The summed E-state index contributed by atoms with van der Waals surface area (Å²) in [5, 5.41) is 15.0. The molecule has 6 heteroatoms. The highest BCUT2D eigenvalue weighted by atomic mass is 35.5. The summed E-state index contributed by atoms with van der Waals surface area (Å²) < 4.78 is 1.62. The van der Waals surface area contributed by atoms with Gasteiger partial charge >= 0.3 is 0 Å². The van der Waals surface area contributed by atoms with Crippen LogP contribution >= 0.6 is 11.6 Å². The maximum atomic E-state index is 12.2. The molecule has 2 heterocycles. The zero-order valence-corrected chi connectivity index (χ0v) is 12.5. The van der Waals surface area contributed by atoms with Crippen LogP contribution in [0.2, 0.25) is 5.02 Å². The minimum absolute atomic E-state index is 0.0353. The summed E-state index contributed by atoms with van der Waals surface area (Å²) in [6.45, 7) is 8.51. The number of amides is 1. The molecule has 0 bridgehead atoms. The molecule has 2 rings (SSSR count). The molecule has 1 saturated heterocycles. The number of aromatic nitrogens is 2. The van der Waals surface area contributed by atoms with E-state index < -0.39 is 5.60 Å². The van der Waals surface area contributed by atoms with E-state index in [9.17, 15) is 9.90 Å². The Balaban J connectivity index is 2.08. The molecule has 1 aromatic rings. The number of hydrogen-bond acceptors (Lipinski definition) is 3. The zero-order chi connectivity index (χ0) is 14.4. The number of halogens is 1. The van der Waals surface area contributed by atoms with Gasteiger partial charge in [-0.25, -0.2) is 0 Å². The second kappa shape index (κ2) is 4.80. The molecule has 2 atom stereocenters. The molecule has 1 aromatic heterocycles. The Labute approximate surface area is 118 Å². The average molecular weight is 286 g/mol. The van der Waals surface area contributed by atoms with Crippen LogP contribution in [0.4, 0.5) is 0 Å². The van der Waals surface area contributed by atoms with Gasteiger partial charge in [0.15, 0.2) is 0 Å². The molecule has 2 unspecified atom stereocenters. The third-order valence-corrected chi connectivity index (χ3v) is 4.54. The van der Waals surface area contributed by atoms with Gasteiger partial charge in [0.1, 0.15) is 6.54 Å². The Morgan fingerprint density at radius 3 is 2.63 bits per heavy atom. The van der Waals surface area contributed by atoms with Crippen LogP contribution in [0.25, 0.3) is 0 Å². The van der Waals surface area contributed by atoms with Crippen LogP contribution in [0.3, 0.4) is 0 Å². The number of carbonyl (C=O) groups is 1. The number of β-amino-alcohol motifs (C(OH)–C–C–N with tert-alkyl or cyclic N) is 1. The minimum atomic E-state index is -0.803. The van der Waals surface area contributed by atoms with Crippen LogP contribution in [-0.2, 0) is 11.3 Å². The second-order valence-corrected chi connectivity index (χ2v) is 6.05. The molecule has 0 radical (unpaired) electrons. The highest BCUT2D eigenvalue weighted by Gasteiger charge is 2.40. The van der Waals surface area contributed by atoms with E-state index in [0.29, 0.717) is 18.1 Å². The number of rotatable bonds is 2. The normalized spacial score (nSPS) is 27.1. The lowest BCUT2D eigenvalue weighted by atomic mass is 9.95. The van der Waals surface area contributed by atoms with Gasteiger partial charge in [0.2, 0.25) is 5.91 Å². The Kier molecular flexibility index (Phi) is 3.62. The van der Waals surface area contributed by atoms with E-state index in [4.69, 9.17) is 11.6 Å². The zero-order valence-electron chi connectivity index (χ0n) is 11.8. The van der Waals surface area contributed by atoms with E-state index in [2.05, 4.69) is 5.10 Å². The number of hydrogen-bond donors (Lipinski definition) is 1. The van der Waals surface area contributed by atoms with E-state index in [1.807, 2.05) is 20.8 Å². The van der Waals surface area contributed by atoms with Gasteiger partial charge in [0.05, 0.1) is 22.0 Å². The molecule has 0 spiro atoms. The van der Waals surface area contributed by atoms with Gasteiger partial charge in [-0.1, -0.05) is 18.5 Å². The minimum Gasteiger partial charge on any atom is -0.388 e. The monoisotopic (exact) mass is 285 g/mol. The van der Waals surface area contributed by atoms with Crippen molar-refractivity contribution in [3.05, 3.63) is 16.4 Å². The Morgan fingerprint density at radius 2 is 2.21 bits per heavy atom. The summed E-state index contributed by atoms with van der Waals surface area (Å²) in [7, 11) is 0. The number of aliphatic hydroxyl groups is 1. The summed E-state index contributed by atoms with van der Waals surface area (Å²) >= 11 is 6.06. The van der Waals surface area contributed by atoms with E-state index in [1.54, 1.807) is 16.5 Å². The van der Waals surface area contributed by atoms with Crippen LogP contribution in [0.5, 0.6) is 0 Å². The number of nitrogens with zero attached hydrogens (tertiary/aromatic N) is 3. The molecule has 106 valence electrons. The lowest BCUT2D eigenvalue weighted by molar-refractivity contribution is -0.131. The fourth-order valence-corrected chi connectivity index (χ4v) is 2.52. The summed E-state index contributed by atoms with van der Waals surface area (Å²) in [4.78, 5) is 13.9. The topological polar surface area (TPSA) is 58.4 Å². The third-order valence-electron chi connectivity index (χ3n) is 4.00. The van der Waals surface area contributed by atoms with E-state index in [-0.39, 0.29) is 18.4 Å². The molecular formula is C13H20ClN3O2. The Bertz CT molecular complexity index is 510. The molecule has 5 nitrogen and oxygen atoms in total. The van der Waals surface area contributed by atoms with Crippen molar-refractivity contribution in [1.29, 1.82) is 0 Å². The van der Waals surface area contributed by atoms with Gasteiger partial charge in [-0.15, -0.1) is 0 Å². The van der Waals surface area contributed by atoms with Gasteiger partial charge in [-0.05, 0) is 20.8 Å². The van der Waals surface area contributed by atoms with Crippen LogP contribution in [-0.4, -0.2) is 44.4 Å². The fourth-order valence-electron chi connectivity index (χ4n) is 2.38. The maximum Gasteiger partial charge on any atom is 0.244 e. The predicted octanol–water partition coefficient (Wildman–Crippen LogP) is 1.38. The molecule has 19 heavy (non-hydrogen) atoms. The molecule has 1 fully saturated rings. The SMILES string of the molecule is Cc1nn(CC(=O)N2CC(C)C(C)(O)C2)c(C)c1Cl. The Hall–Kier alpha value is -1.07. The molecule has 1 N–H and O–H groups in total. The van der Waals surface area contributed by atoms with Crippen LogP contribution in [0, 0.1) is 19.8 Å². The van der Waals surface area contributed by atoms with Gasteiger partial charge in [0, 0.05) is 19.0 Å². The third kappa shape index (κ3) is 2.62. The quantitative estimate of drug-likeness (QED) is 0.893. The maximum absolute atomic E-state index is 12.2. The molecule has 1 aliphatic rings. The molecule has 0 aromatic carbocycles. The van der Waals surface area contributed by atoms with Crippen molar-refractivity contribution in [3.63, 3.8) is 0 Å². The second-order valence-electron chi connectivity index (χ2n) is 5.67. The van der Waals surface area contributed by atoms with Crippen molar-refractivity contribution in [3.8, 4) is 0 Å². The van der Waals surface area contributed by atoms with Crippen molar-refractivity contribution in [2.24, 2.45) is 5.92 Å². The summed E-state index contributed by atoms with van der Waals surface area (Å²) in [5.74, 6) is 0.0485. The predicted molar refractivity (Wildman–Crippen MR) is 73.1 cm³/mol. The summed E-state index contributed by atoms with van der Waals surface area (Å²) in [6.07, 6.45) is 0. The van der Waals surface area contributed by atoms with E-state index >= 15 is 0 Å². The first-order valence-electron chi connectivity index (χ1n) is 6.42. The standard InChI is InChI=1S/C13H20ClN3O2/c1-8-5-16(7-13(8,4)19)11(18)6-17-10(3)12(14)9(2)15-17/h8,19H,5-7H2,1-4H3. The van der Waals surface area contributed by atoms with Crippen molar-refractivity contribution >= 4 is 17.5 Å². The van der Waals surface area contributed by atoms with E-state index in [0.717, 1.165) is 11.4 Å². The highest BCUT2D eigenvalue weighted by Crippen LogP contribution is 2.27. The van der Waals surface area contributed by atoms with Crippen molar-refractivity contribution < 1.29 is 9.90 Å². The number of likely N-dealkylation sites (tertiary alicyclic amines) is 1. The van der Waals surface area contributed by atoms with Crippen LogP contribution < -0.4 is 0 Å². The van der Waals surface area contributed by atoms with Gasteiger partial charge < -0.3 is 10.0 Å². The molecule has 1 aliphatic heterocycles. The lowest BCUT2D eigenvalue weighted by Gasteiger charge is -2.20. The Morgan fingerprint density at radius 1 is 1.58 bits per heavy atom. The molecule has 0 aliphatic carbocycles. The smallest absolute Gasteiger partial charge is 0.244 e.